The number of aromatic nitrogens is 1. The van der Waals surface area contributed by atoms with E-state index in [0.29, 0.717) is 8.04 Å². The van der Waals surface area contributed by atoms with E-state index >= 15 is 0 Å². The van der Waals surface area contributed by atoms with Gasteiger partial charge in [0.1, 0.15) is 5.69 Å². The van der Waals surface area contributed by atoms with Gasteiger partial charge in [-0.2, -0.15) is 0 Å². The van der Waals surface area contributed by atoms with Crippen molar-refractivity contribution >= 4 is 44.5 Å². The molecule has 0 aromatic carbocycles. The number of carboxylic acid groups (broad SMARTS) is 1. The Bertz CT molecular complexity index is 400. The van der Waals surface area contributed by atoms with Gasteiger partial charge < -0.3 is 5.11 Å². The van der Waals surface area contributed by atoms with Crippen molar-refractivity contribution in [3.8, 4) is 0 Å². The van der Waals surface area contributed by atoms with Crippen molar-refractivity contribution in [3.05, 3.63) is 25.5 Å². The maximum Gasteiger partial charge on any atom is 0.307 e. The summed E-state index contributed by atoms with van der Waals surface area (Å²) in [5.74, 6) is -1.16. The number of hydrogen-bond donors (Lipinski definition) is 1. The molecule has 1 N–H and O–H groups in total. The number of nitrogens with zero attached hydrogens (tertiary/aromatic N) is 1. The van der Waals surface area contributed by atoms with Crippen LogP contribution in [0.15, 0.2) is 10.7 Å². The monoisotopic (exact) mass is 391 g/mol. The Labute approximate surface area is 106 Å². The Morgan fingerprint density at radius 2 is 2.27 bits per heavy atom. The number of aliphatic carboxylic acids is 1. The number of halogens is 4. The fourth-order valence-electron chi connectivity index (χ4n) is 1.02. The fourth-order valence-corrected chi connectivity index (χ4v) is 1.97. The van der Waals surface area contributed by atoms with Crippen molar-refractivity contribution in [1.82, 2.24) is 4.98 Å². The van der Waals surface area contributed by atoms with Gasteiger partial charge in [-0.25, -0.2) is 8.78 Å². The largest absolute Gasteiger partial charge is 0.481 e. The first-order valence-electron chi connectivity index (χ1n) is 3.76. The molecule has 0 spiro atoms. The second-order valence-corrected chi connectivity index (χ2v) is 4.59. The maximum absolute atomic E-state index is 12.5. The molecule has 1 rings (SSSR count). The van der Waals surface area contributed by atoms with E-state index in [0.717, 1.165) is 0 Å². The maximum atomic E-state index is 12.5. The highest BCUT2D eigenvalue weighted by Crippen LogP contribution is 2.29. The summed E-state index contributed by atoms with van der Waals surface area (Å²) in [4.78, 5) is 14.0. The SMILES string of the molecule is O=C(O)Cc1c(C(F)F)ncc(Br)c1I. The van der Waals surface area contributed by atoms with Crippen LogP contribution < -0.4 is 0 Å². The van der Waals surface area contributed by atoms with Gasteiger partial charge in [0.2, 0.25) is 0 Å². The van der Waals surface area contributed by atoms with Crippen molar-refractivity contribution in [2.24, 2.45) is 0 Å². The van der Waals surface area contributed by atoms with Crippen LogP contribution in [0.25, 0.3) is 0 Å². The highest BCUT2D eigenvalue weighted by molar-refractivity contribution is 14.1. The van der Waals surface area contributed by atoms with Crippen LogP contribution >= 0.6 is 38.5 Å². The van der Waals surface area contributed by atoms with Gasteiger partial charge in [-0.15, -0.1) is 0 Å². The van der Waals surface area contributed by atoms with Gasteiger partial charge >= 0.3 is 5.97 Å². The molecule has 0 radical (unpaired) electrons. The van der Waals surface area contributed by atoms with Crippen LogP contribution in [0.5, 0.6) is 0 Å². The van der Waals surface area contributed by atoms with Crippen LogP contribution in [0.2, 0.25) is 0 Å². The van der Waals surface area contributed by atoms with Gasteiger partial charge in [0.05, 0.1) is 6.42 Å². The normalized spacial score (nSPS) is 10.7. The van der Waals surface area contributed by atoms with E-state index in [4.69, 9.17) is 5.11 Å². The van der Waals surface area contributed by atoms with Gasteiger partial charge in [0.25, 0.3) is 6.43 Å². The predicted molar refractivity (Wildman–Crippen MR) is 61.0 cm³/mol. The Balaban J connectivity index is 3.28. The van der Waals surface area contributed by atoms with Crippen LogP contribution in [0.4, 0.5) is 8.78 Å². The minimum absolute atomic E-state index is 0.0625. The average Bonchev–Trinajstić information content (AvgIpc) is 2.12. The quantitative estimate of drug-likeness (QED) is 0.806. The Morgan fingerprint density at radius 1 is 1.67 bits per heavy atom. The Hall–Kier alpha value is -0.310. The first-order valence-corrected chi connectivity index (χ1v) is 5.63. The van der Waals surface area contributed by atoms with Crippen LogP contribution in [0, 0.1) is 3.57 Å². The van der Waals surface area contributed by atoms with Crippen molar-refractivity contribution < 1.29 is 18.7 Å². The summed E-state index contributed by atoms with van der Waals surface area (Å²) in [6.45, 7) is 0. The molecule has 15 heavy (non-hydrogen) atoms. The van der Waals surface area contributed by atoms with Crippen molar-refractivity contribution in [2.45, 2.75) is 12.8 Å². The topological polar surface area (TPSA) is 50.2 Å². The van der Waals surface area contributed by atoms with Crippen LogP contribution in [-0.2, 0) is 11.2 Å². The molecular formula is C8H5BrF2INO2. The summed E-state index contributed by atoms with van der Waals surface area (Å²) in [7, 11) is 0. The molecule has 0 saturated heterocycles. The Kier molecular flexibility index (Phi) is 4.38. The van der Waals surface area contributed by atoms with Crippen LogP contribution in [0.3, 0.4) is 0 Å². The van der Waals surface area contributed by atoms with Crippen molar-refractivity contribution in [3.63, 3.8) is 0 Å². The standard InChI is InChI=1S/C8H5BrF2INO2/c9-4-2-13-7(8(10)11)3(6(4)12)1-5(14)15/h2,8H,1H2,(H,14,15). The van der Waals surface area contributed by atoms with E-state index < -0.39 is 24.5 Å². The second kappa shape index (κ2) is 5.15. The lowest BCUT2D eigenvalue weighted by molar-refractivity contribution is -0.136. The number of pyridine rings is 1. The minimum Gasteiger partial charge on any atom is -0.481 e. The Morgan fingerprint density at radius 3 is 2.73 bits per heavy atom. The summed E-state index contributed by atoms with van der Waals surface area (Å²) in [6.07, 6.45) is -1.97. The van der Waals surface area contributed by atoms with E-state index in [2.05, 4.69) is 20.9 Å². The second-order valence-electron chi connectivity index (χ2n) is 2.66. The third kappa shape index (κ3) is 3.07. The van der Waals surface area contributed by atoms with E-state index in [9.17, 15) is 13.6 Å². The molecule has 0 fully saturated rings. The lowest BCUT2D eigenvalue weighted by Gasteiger charge is -2.09. The first kappa shape index (κ1) is 12.8. The third-order valence-corrected chi connectivity index (χ3v) is 4.21. The number of carboxylic acids is 1. The van der Waals surface area contributed by atoms with Gasteiger partial charge in [-0.1, -0.05) is 0 Å². The molecule has 0 unspecified atom stereocenters. The summed E-state index contributed by atoms with van der Waals surface area (Å²) >= 11 is 4.93. The van der Waals surface area contributed by atoms with Crippen molar-refractivity contribution in [1.29, 1.82) is 0 Å². The lowest BCUT2D eigenvalue weighted by atomic mass is 10.1. The smallest absolute Gasteiger partial charge is 0.307 e. The fraction of sp³-hybridized carbons (Fsp3) is 0.250. The number of carbonyl (C=O) groups is 1. The molecule has 0 bridgehead atoms. The zero-order valence-electron chi connectivity index (χ0n) is 7.18. The molecule has 0 amide bonds. The molecule has 7 heteroatoms. The number of alkyl halides is 2. The zero-order valence-corrected chi connectivity index (χ0v) is 10.9. The number of rotatable bonds is 3. The number of hydrogen-bond acceptors (Lipinski definition) is 2. The first-order chi connectivity index (χ1) is 6.93. The molecule has 0 aliphatic rings. The van der Waals surface area contributed by atoms with Crippen molar-refractivity contribution in [2.75, 3.05) is 0 Å². The van der Waals surface area contributed by atoms with Gasteiger partial charge in [0, 0.05) is 19.8 Å². The third-order valence-electron chi connectivity index (χ3n) is 1.64. The average molecular weight is 392 g/mol. The molecule has 82 valence electrons. The highest BCUT2D eigenvalue weighted by Gasteiger charge is 2.20. The summed E-state index contributed by atoms with van der Waals surface area (Å²) < 4.78 is 26.0. The highest BCUT2D eigenvalue weighted by atomic mass is 127. The lowest BCUT2D eigenvalue weighted by Crippen LogP contribution is -2.08. The predicted octanol–water partition coefficient (Wildman–Crippen LogP) is 3.01. The molecule has 0 saturated carbocycles. The van der Waals surface area contributed by atoms with E-state index in [-0.39, 0.29) is 5.56 Å². The van der Waals surface area contributed by atoms with E-state index in [1.165, 1.54) is 6.20 Å². The molecule has 0 aliphatic carbocycles. The van der Waals surface area contributed by atoms with Gasteiger partial charge in [-0.3, -0.25) is 9.78 Å². The summed E-state index contributed by atoms with van der Waals surface area (Å²) in [6, 6.07) is 0. The summed E-state index contributed by atoms with van der Waals surface area (Å²) in [5, 5.41) is 8.60. The van der Waals surface area contributed by atoms with E-state index in [1.54, 1.807) is 0 Å². The molecule has 1 heterocycles. The molecule has 3 nitrogen and oxygen atoms in total. The molecular weight excluding hydrogens is 387 g/mol. The van der Waals surface area contributed by atoms with Gasteiger partial charge in [0.15, 0.2) is 0 Å². The van der Waals surface area contributed by atoms with Crippen LogP contribution in [0.1, 0.15) is 17.7 Å². The molecule has 1 aromatic heterocycles. The minimum atomic E-state index is -2.76. The van der Waals surface area contributed by atoms with Gasteiger partial charge in [-0.05, 0) is 38.5 Å². The zero-order chi connectivity index (χ0) is 11.6. The summed E-state index contributed by atoms with van der Waals surface area (Å²) in [5.41, 5.74) is -0.405. The van der Waals surface area contributed by atoms with E-state index in [1.807, 2.05) is 22.6 Å². The molecule has 0 aliphatic heterocycles. The van der Waals surface area contributed by atoms with Crippen LogP contribution in [-0.4, -0.2) is 16.1 Å². The molecule has 1 aromatic rings. The molecule has 0 atom stereocenters.